The highest BCUT2D eigenvalue weighted by atomic mass is 32.1. The van der Waals surface area contributed by atoms with Crippen LogP contribution in [0.15, 0.2) is 31.1 Å². The summed E-state index contributed by atoms with van der Waals surface area (Å²) in [6, 6.07) is 1.82. The van der Waals surface area contributed by atoms with Gasteiger partial charge in [-0.25, -0.2) is 0 Å². The SMILES string of the molecule is C=CCCNC(=O)c1sc2cnccc2c1N. The second-order valence-electron chi connectivity index (χ2n) is 3.55. The first-order valence-corrected chi connectivity index (χ1v) is 6.06. The number of amides is 1. The average molecular weight is 247 g/mol. The summed E-state index contributed by atoms with van der Waals surface area (Å²) < 4.78 is 0.930. The first-order chi connectivity index (χ1) is 8.24. The van der Waals surface area contributed by atoms with Crippen LogP contribution < -0.4 is 11.1 Å². The highest BCUT2D eigenvalue weighted by molar-refractivity contribution is 7.21. The van der Waals surface area contributed by atoms with Gasteiger partial charge in [0.15, 0.2) is 0 Å². The molecule has 88 valence electrons. The lowest BCUT2D eigenvalue weighted by Gasteiger charge is -2.01. The fourth-order valence-corrected chi connectivity index (χ4v) is 2.51. The van der Waals surface area contributed by atoms with Gasteiger partial charge in [-0.1, -0.05) is 6.08 Å². The molecule has 3 N–H and O–H groups in total. The normalized spacial score (nSPS) is 10.4. The minimum absolute atomic E-state index is 0.134. The number of nitrogens with zero attached hydrogens (tertiary/aromatic N) is 1. The van der Waals surface area contributed by atoms with E-state index in [-0.39, 0.29) is 5.91 Å². The Morgan fingerprint density at radius 1 is 1.65 bits per heavy atom. The first kappa shape index (κ1) is 11.6. The summed E-state index contributed by atoms with van der Waals surface area (Å²) in [6.07, 6.45) is 5.90. The number of aromatic nitrogens is 1. The lowest BCUT2D eigenvalue weighted by atomic mass is 10.2. The molecule has 0 aliphatic heterocycles. The molecule has 0 unspecified atom stereocenters. The number of nitrogens with one attached hydrogen (secondary N) is 1. The van der Waals surface area contributed by atoms with Gasteiger partial charge in [0.25, 0.3) is 5.91 Å². The third-order valence-corrected chi connectivity index (χ3v) is 3.53. The maximum absolute atomic E-state index is 11.9. The van der Waals surface area contributed by atoms with Gasteiger partial charge in [0, 0.05) is 24.3 Å². The van der Waals surface area contributed by atoms with E-state index in [0.717, 1.165) is 16.5 Å². The number of thiophene rings is 1. The van der Waals surface area contributed by atoms with Crippen molar-refractivity contribution in [3.63, 3.8) is 0 Å². The molecule has 17 heavy (non-hydrogen) atoms. The highest BCUT2D eigenvalue weighted by Gasteiger charge is 2.15. The molecule has 0 spiro atoms. The summed E-state index contributed by atoms with van der Waals surface area (Å²) in [6.45, 7) is 4.18. The van der Waals surface area contributed by atoms with E-state index in [0.29, 0.717) is 17.1 Å². The molecule has 0 radical (unpaired) electrons. The van der Waals surface area contributed by atoms with Crippen LogP contribution in [0, 0.1) is 0 Å². The fourth-order valence-electron chi connectivity index (χ4n) is 1.51. The van der Waals surface area contributed by atoms with E-state index in [1.54, 1.807) is 18.5 Å². The molecule has 0 atom stereocenters. The summed E-state index contributed by atoms with van der Waals surface area (Å²) in [7, 11) is 0. The number of carbonyl (C=O) groups is 1. The molecule has 0 aliphatic carbocycles. The summed E-state index contributed by atoms with van der Waals surface area (Å²) in [5.41, 5.74) is 6.48. The van der Waals surface area contributed by atoms with Crippen molar-refractivity contribution in [3.05, 3.63) is 36.0 Å². The third kappa shape index (κ3) is 2.29. The Kier molecular flexibility index (Phi) is 3.39. The molecule has 5 heteroatoms. The molecular weight excluding hydrogens is 234 g/mol. The molecule has 2 rings (SSSR count). The van der Waals surface area contributed by atoms with E-state index < -0.39 is 0 Å². The van der Waals surface area contributed by atoms with Gasteiger partial charge < -0.3 is 11.1 Å². The largest absolute Gasteiger partial charge is 0.397 e. The second kappa shape index (κ2) is 4.97. The zero-order valence-electron chi connectivity index (χ0n) is 9.27. The first-order valence-electron chi connectivity index (χ1n) is 5.25. The van der Waals surface area contributed by atoms with Crippen molar-refractivity contribution in [2.45, 2.75) is 6.42 Å². The number of anilines is 1. The molecule has 0 bridgehead atoms. The van der Waals surface area contributed by atoms with Crippen molar-refractivity contribution >= 4 is 33.0 Å². The van der Waals surface area contributed by atoms with Crippen molar-refractivity contribution in [3.8, 4) is 0 Å². The predicted molar refractivity (Wildman–Crippen MR) is 71.2 cm³/mol. The number of hydrogen-bond donors (Lipinski definition) is 2. The maximum atomic E-state index is 11.9. The summed E-state index contributed by atoms with van der Waals surface area (Å²) >= 11 is 1.36. The number of fused-ring (bicyclic) bond motifs is 1. The van der Waals surface area contributed by atoms with Gasteiger partial charge in [0.05, 0.1) is 10.4 Å². The van der Waals surface area contributed by atoms with E-state index in [1.165, 1.54) is 11.3 Å². The molecule has 2 aromatic rings. The summed E-state index contributed by atoms with van der Waals surface area (Å²) in [4.78, 5) is 16.4. The Morgan fingerprint density at radius 3 is 3.18 bits per heavy atom. The van der Waals surface area contributed by atoms with Gasteiger partial charge >= 0.3 is 0 Å². The lowest BCUT2D eigenvalue weighted by molar-refractivity contribution is 0.0959. The van der Waals surface area contributed by atoms with Crippen LogP contribution >= 0.6 is 11.3 Å². The molecule has 0 aliphatic rings. The van der Waals surface area contributed by atoms with E-state index in [9.17, 15) is 4.79 Å². The Balaban J connectivity index is 2.26. The number of carbonyl (C=O) groups excluding carboxylic acids is 1. The summed E-state index contributed by atoms with van der Waals surface area (Å²) in [5.74, 6) is -0.134. The van der Waals surface area contributed by atoms with Gasteiger partial charge in [-0.2, -0.15) is 0 Å². The quantitative estimate of drug-likeness (QED) is 0.642. The predicted octanol–water partition coefficient (Wildman–Crippen LogP) is 2.18. The van der Waals surface area contributed by atoms with Crippen LogP contribution in [0.25, 0.3) is 10.1 Å². The molecule has 0 fully saturated rings. The number of nitrogen functional groups attached to an aromatic ring is 1. The summed E-state index contributed by atoms with van der Waals surface area (Å²) in [5, 5.41) is 3.69. The topological polar surface area (TPSA) is 68.0 Å². The molecular formula is C12H13N3OS. The lowest BCUT2D eigenvalue weighted by Crippen LogP contribution is -2.23. The molecule has 2 aromatic heterocycles. The molecule has 1 amide bonds. The van der Waals surface area contributed by atoms with Crippen molar-refractivity contribution in [2.75, 3.05) is 12.3 Å². The van der Waals surface area contributed by atoms with Crippen LogP contribution in [0.5, 0.6) is 0 Å². The van der Waals surface area contributed by atoms with Crippen LogP contribution in [-0.4, -0.2) is 17.4 Å². The Labute approximate surface area is 103 Å². The van der Waals surface area contributed by atoms with E-state index >= 15 is 0 Å². The van der Waals surface area contributed by atoms with Gasteiger partial charge in [0.1, 0.15) is 4.88 Å². The van der Waals surface area contributed by atoms with Gasteiger partial charge in [0.2, 0.25) is 0 Å². The Hall–Kier alpha value is -1.88. The fraction of sp³-hybridized carbons (Fsp3) is 0.167. The zero-order valence-corrected chi connectivity index (χ0v) is 10.1. The van der Waals surface area contributed by atoms with Crippen LogP contribution in [0.4, 0.5) is 5.69 Å². The van der Waals surface area contributed by atoms with Gasteiger partial charge in [-0.15, -0.1) is 17.9 Å². The standard InChI is InChI=1S/C12H13N3OS/c1-2-3-5-15-12(16)11-10(13)8-4-6-14-7-9(8)17-11/h2,4,6-7H,1,3,5,13H2,(H,15,16). The zero-order chi connectivity index (χ0) is 12.3. The van der Waals surface area contributed by atoms with Crippen LogP contribution in [0.2, 0.25) is 0 Å². The van der Waals surface area contributed by atoms with E-state index in [1.807, 2.05) is 6.07 Å². The molecule has 4 nitrogen and oxygen atoms in total. The smallest absolute Gasteiger partial charge is 0.263 e. The average Bonchev–Trinajstić information content (AvgIpc) is 2.68. The molecule has 0 saturated carbocycles. The van der Waals surface area contributed by atoms with E-state index in [2.05, 4.69) is 16.9 Å². The number of nitrogens with two attached hydrogens (primary N) is 1. The second-order valence-corrected chi connectivity index (χ2v) is 4.60. The Bertz CT molecular complexity index is 562. The van der Waals surface area contributed by atoms with Crippen LogP contribution in [-0.2, 0) is 0 Å². The van der Waals surface area contributed by atoms with E-state index in [4.69, 9.17) is 5.73 Å². The van der Waals surface area contributed by atoms with Crippen molar-refractivity contribution in [2.24, 2.45) is 0 Å². The molecule has 0 saturated heterocycles. The third-order valence-electron chi connectivity index (χ3n) is 2.37. The monoisotopic (exact) mass is 247 g/mol. The Morgan fingerprint density at radius 2 is 2.47 bits per heavy atom. The van der Waals surface area contributed by atoms with Crippen LogP contribution in [0.3, 0.4) is 0 Å². The number of rotatable bonds is 4. The van der Waals surface area contributed by atoms with Crippen molar-refractivity contribution in [1.82, 2.24) is 10.3 Å². The highest BCUT2D eigenvalue weighted by Crippen LogP contribution is 2.32. The van der Waals surface area contributed by atoms with Gasteiger partial charge in [-0.3, -0.25) is 9.78 Å². The molecule has 0 aromatic carbocycles. The van der Waals surface area contributed by atoms with Gasteiger partial charge in [-0.05, 0) is 12.5 Å². The number of hydrogen-bond acceptors (Lipinski definition) is 4. The minimum Gasteiger partial charge on any atom is -0.397 e. The van der Waals surface area contributed by atoms with Crippen molar-refractivity contribution in [1.29, 1.82) is 0 Å². The number of pyridine rings is 1. The molecule has 2 heterocycles. The van der Waals surface area contributed by atoms with Crippen molar-refractivity contribution < 1.29 is 4.79 Å². The van der Waals surface area contributed by atoms with Crippen LogP contribution in [0.1, 0.15) is 16.1 Å². The minimum atomic E-state index is -0.134. The maximum Gasteiger partial charge on any atom is 0.263 e.